The van der Waals surface area contributed by atoms with E-state index >= 15 is 0 Å². The van der Waals surface area contributed by atoms with E-state index in [9.17, 15) is 4.79 Å². The average molecular weight is 420 g/mol. The molecule has 130 valence electrons. The molecule has 0 spiro atoms. The second kappa shape index (κ2) is 7.67. The second-order valence-corrected chi connectivity index (χ2v) is 8.14. The molecule has 0 fully saturated rings. The van der Waals surface area contributed by atoms with Gasteiger partial charge in [0.25, 0.3) is 0 Å². The average Bonchev–Trinajstić information content (AvgIpc) is 3.30. The maximum Gasteiger partial charge on any atom is 0.236 e. The van der Waals surface area contributed by atoms with Gasteiger partial charge in [-0.2, -0.15) is 4.37 Å². The van der Waals surface area contributed by atoms with Crippen LogP contribution in [0.5, 0.6) is 0 Å². The van der Waals surface area contributed by atoms with Crippen LogP contribution in [0, 0.1) is 0 Å². The van der Waals surface area contributed by atoms with Crippen molar-refractivity contribution in [3.63, 3.8) is 0 Å². The normalized spacial score (nSPS) is 11.0. The Morgan fingerprint density at radius 1 is 1.19 bits per heavy atom. The molecule has 0 saturated heterocycles. The molecule has 1 N–H and O–H groups in total. The summed E-state index contributed by atoms with van der Waals surface area (Å²) in [5.74, 6) is 0.110. The van der Waals surface area contributed by atoms with Gasteiger partial charge in [-0.05, 0) is 23.7 Å². The van der Waals surface area contributed by atoms with Gasteiger partial charge in [0, 0.05) is 22.2 Å². The molecule has 0 bridgehead atoms. The van der Waals surface area contributed by atoms with Gasteiger partial charge in [-0.15, -0.1) is 11.3 Å². The third-order valence-corrected chi connectivity index (χ3v) is 6.26. The second-order valence-electron chi connectivity index (χ2n) is 5.07. The van der Waals surface area contributed by atoms with Crippen LogP contribution in [0.1, 0.15) is 0 Å². The van der Waals surface area contributed by atoms with Crippen LogP contribution < -0.4 is 5.32 Å². The first kappa shape index (κ1) is 17.3. The van der Waals surface area contributed by atoms with Crippen LogP contribution in [-0.2, 0) is 4.79 Å². The van der Waals surface area contributed by atoms with Gasteiger partial charge >= 0.3 is 0 Å². The molecule has 0 aliphatic carbocycles. The minimum atomic E-state index is -0.126. The van der Waals surface area contributed by atoms with Crippen molar-refractivity contribution < 1.29 is 4.79 Å². The van der Waals surface area contributed by atoms with E-state index < -0.39 is 0 Å². The molecule has 4 aromatic rings. The molecule has 1 aromatic carbocycles. The molecular formula is C16H10ClN5OS3. The first-order valence-electron chi connectivity index (χ1n) is 7.39. The van der Waals surface area contributed by atoms with Crippen molar-refractivity contribution >= 4 is 67.5 Å². The standard InChI is InChI=1S/C16H10ClN5OS3/c17-10-3-1-9(2-4-10)12-13-14(26-22-12)15(20-8-19-13)25-7-11(23)21-16-18-5-6-24-16/h1-6,8H,7H2,(H,18,21,23). The summed E-state index contributed by atoms with van der Waals surface area (Å²) in [5, 5.41) is 6.57. The summed E-state index contributed by atoms with van der Waals surface area (Å²) >= 11 is 10.0. The van der Waals surface area contributed by atoms with Crippen LogP contribution >= 0.6 is 46.2 Å². The molecule has 4 rings (SSSR count). The lowest BCUT2D eigenvalue weighted by Crippen LogP contribution is -2.13. The highest BCUT2D eigenvalue weighted by Crippen LogP contribution is 2.34. The lowest BCUT2D eigenvalue weighted by Gasteiger charge is -2.02. The van der Waals surface area contributed by atoms with E-state index in [0.717, 1.165) is 26.5 Å². The van der Waals surface area contributed by atoms with Gasteiger partial charge < -0.3 is 5.32 Å². The molecule has 1 amide bonds. The number of hydrogen-bond donors (Lipinski definition) is 1. The molecule has 0 aliphatic rings. The van der Waals surface area contributed by atoms with Gasteiger partial charge in [-0.25, -0.2) is 15.0 Å². The van der Waals surface area contributed by atoms with Gasteiger partial charge in [0.15, 0.2) is 5.13 Å². The summed E-state index contributed by atoms with van der Waals surface area (Å²) in [6.45, 7) is 0. The van der Waals surface area contributed by atoms with Gasteiger partial charge in [0.05, 0.1) is 5.75 Å². The number of nitrogens with one attached hydrogen (secondary N) is 1. The Hall–Kier alpha value is -2.07. The smallest absolute Gasteiger partial charge is 0.236 e. The summed E-state index contributed by atoms with van der Waals surface area (Å²) in [6.07, 6.45) is 3.15. The number of hydrogen-bond acceptors (Lipinski definition) is 8. The van der Waals surface area contributed by atoms with Crippen LogP contribution in [0.4, 0.5) is 5.13 Å². The largest absolute Gasteiger partial charge is 0.301 e. The Bertz CT molecular complexity index is 1050. The van der Waals surface area contributed by atoms with E-state index in [0.29, 0.717) is 10.2 Å². The third-order valence-electron chi connectivity index (χ3n) is 3.36. The third kappa shape index (κ3) is 3.70. The zero-order valence-electron chi connectivity index (χ0n) is 13.0. The molecule has 26 heavy (non-hydrogen) atoms. The summed E-state index contributed by atoms with van der Waals surface area (Å²) in [7, 11) is 0. The highest BCUT2D eigenvalue weighted by Gasteiger charge is 2.15. The quantitative estimate of drug-likeness (QED) is 0.376. The SMILES string of the molecule is O=C(CSc1ncnc2c(-c3ccc(Cl)cc3)nsc12)Nc1nccs1. The topological polar surface area (TPSA) is 80.7 Å². The van der Waals surface area contributed by atoms with Crippen molar-refractivity contribution in [1.29, 1.82) is 0 Å². The molecule has 0 atom stereocenters. The zero-order valence-corrected chi connectivity index (χ0v) is 16.3. The first-order chi connectivity index (χ1) is 12.7. The van der Waals surface area contributed by atoms with E-state index in [1.165, 1.54) is 41.0 Å². The van der Waals surface area contributed by atoms with Crippen LogP contribution in [-0.4, -0.2) is 31.0 Å². The number of nitrogens with zero attached hydrogens (tertiary/aromatic N) is 4. The number of halogens is 1. The van der Waals surface area contributed by atoms with Crippen molar-refractivity contribution in [1.82, 2.24) is 19.3 Å². The number of carbonyl (C=O) groups is 1. The van der Waals surface area contributed by atoms with Gasteiger partial charge in [-0.3, -0.25) is 4.79 Å². The van der Waals surface area contributed by atoms with E-state index in [4.69, 9.17) is 11.6 Å². The van der Waals surface area contributed by atoms with Crippen molar-refractivity contribution in [3.8, 4) is 11.3 Å². The van der Waals surface area contributed by atoms with Crippen LogP contribution in [0.15, 0.2) is 47.2 Å². The fourth-order valence-corrected chi connectivity index (χ4v) is 4.61. The molecule has 0 unspecified atom stereocenters. The molecule has 3 aromatic heterocycles. The van der Waals surface area contributed by atoms with Crippen molar-refractivity contribution in [2.45, 2.75) is 5.03 Å². The molecule has 0 aliphatic heterocycles. The fourth-order valence-electron chi connectivity index (χ4n) is 2.22. The van der Waals surface area contributed by atoms with Crippen LogP contribution in [0.25, 0.3) is 21.5 Å². The molecule has 10 heteroatoms. The van der Waals surface area contributed by atoms with E-state index in [2.05, 4.69) is 24.6 Å². The number of thioether (sulfide) groups is 1. The Balaban J connectivity index is 1.55. The number of thiazole rings is 1. The number of amides is 1. The van der Waals surface area contributed by atoms with Crippen molar-refractivity contribution in [2.75, 3.05) is 11.1 Å². The maximum absolute atomic E-state index is 12.0. The first-order valence-corrected chi connectivity index (χ1v) is 10.4. The summed E-state index contributed by atoms with van der Waals surface area (Å²) in [4.78, 5) is 24.8. The predicted molar refractivity (Wildman–Crippen MR) is 107 cm³/mol. The highest BCUT2D eigenvalue weighted by atomic mass is 35.5. The Labute approximate surface area is 165 Å². The summed E-state index contributed by atoms with van der Waals surface area (Å²) < 4.78 is 5.38. The Morgan fingerprint density at radius 3 is 2.81 bits per heavy atom. The minimum Gasteiger partial charge on any atom is -0.301 e. The molecule has 0 saturated carbocycles. The van der Waals surface area contributed by atoms with E-state index in [1.807, 2.05) is 29.6 Å². The number of fused-ring (bicyclic) bond motifs is 1. The predicted octanol–water partition coefficient (Wildman–Crippen LogP) is 4.59. The lowest BCUT2D eigenvalue weighted by molar-refractivity contribution is -0.113. The zero-order chi connectivity index (χ0) is 17.9. The summed E-state index contributed by atoms with van der Waals surface area (Å²) in [5.41, 5.74) is 2.50. The van der Waals surface area contributed by atoms with Gasteiger partial charge in [0.2, 0.25) is 5.91 Å². The molecule has 6 nitrogen and oxygen atoms in total. The van der Waals surface area contributed by atoms with E-state index in [1.54, 1.807) is 6.20 Å². The Morgan fingerprint density at radius 2 is 2.04 bits per heavy atom. The van der Waals surface area contributed by atoms with E-state index in [-0.39, 0.29) is 11.7 Å². The minimum absolute atomic E-state index is 0.126. The summed E-state index contributed by atoms with van der Waals surface area (Å²) in [6, 6.07) is 7.46. The van der Waals surface area contributed by atoms with Gasteiger partial charge in [-0.1, -0.05) is 35.5 Å². The highest BCUT2D eigenvalue weighted by molar-refractivity contribution is 8.00. The van der Waals surface area contributed by atoms with Crippen molar-refractivity contribution in [3.05, 3.63) is 47.2 Å². The lowest BCUT2D eigenvalue weighted by atomic mass is 10.1. The fraction of sp³-hybridized carbons (Fsp3) is 0.0625. The number of carbonyl (C=O) groups excluding carboxylic acids is 1. The number of anilines is 1. The molecular weight excluding hydrogens is 410 g/mol. The number of benzene rings is 1. The van der Waals surface area contributed by atoms with Crippen LogP contribution in [0.3, 0.4) is 0 Å². The van der Waals surface area contributed by atoms with Gasteiger partial charge in [0.1, 0.15) is 27.3 Å². The molecule has 0 radical (unpaired) electrons. The number of aromatic nitrogens is 4. The van der Waals surface area contributed by atoms with Crippen LogP contribution in [0.2, 0.25) is 5.02 Å². The maximum atomic E-state index is 12.0. The van der Waals surface area contributed by atoms with Crippen molar-refractivity contribution in [2.24, 2.45) is 0 Å². The number of rotatable bonds is 5. The monoisotopic (exact) mass is 419 g/mol. The Kier molecular flexibility index (Phi) is 5.11. The molecule has 3 heterocycles.